The molecule has 1 heterocycles. The first-order valence-electron chi connectivity index (χ1n) is 3.45. The van der Waals surface area contributed by atoms with E-state index >= 15 is 0 Å². The third-order valence-corrected chi connectivity index (χ3v) is 2.23. The molecule has 62 valence electrons. The minimum absolute atomic E-state index is 0.283. The van der Waals surface area contributed by atoms with Crippen LogP contribution in [0.25, 0.3) is 0 Å². The first kappa shape index (κ1) is 8.71. The van der Waals surface area contributed by atoms with Crippen molar-refractivity contribution in [3.63, 3.8) is 0 Å². The van der Waals surface area contributed by atoms with Crippen molar-refractivity contribution in [3.8, 4) is 0 Å². The molecule has 4 heteroatoms. The maximum atomic E-state index is 11.9. The highest BCUT2D eigenvalue weighted by Crippen LogP contribution is 2.17. The van der Waals surface area contributed by atoms with E-state index in [1.165, 1.54) is 0 Å². The largest absolute Gasteiger partial charge is 0.389 e. The number of aliphatic imine (C=N–C) groups is 1. The van der Waals surface area contributed by atoms with Crippen LogP contribution >= 0.6 is 15.9 Å². The van der Waals surface area contributed by atoms with Crippen LogP contribution in [0.15, 0.2) is 15.7 Å². The van der Waals surface area contributed by atoms with Crippen LogP contribution in [0.5, 0.6) is 0 Å². The number of nitrogens with zero attached hydrogens (tertiary/aromatic N) is 1. The summed E-state index contributed by atoms with van der Waals surface area (Å²) >= 11 is 3.30. The van der Waals surface area contributed by atoms with Crippen LogP contribution in [0.4, 0.5) is 4.39 Å². The van der Waals surface area contributed by atoms with Gasteiger partial charge in [-0.05, 0) is 15.9 Å². The highest BCUT2D eigenvalue weighted by molar-refractivity contribution is 9.12. The Morgan fingerprint density at radius 3 is 3.18 bits per heavy atom. The lowest BCUT2D eigenvalue weighted by atomic mass is 10.0. The molecule has 1 unspecified atom stereocenters. The monoisotopic (exact) mass is 220 g/mol. The van der Waals surface area contributed by atoms with Crippen molar-refractivity contribution in [3.05, 3.63) is 10.7 Å². The normalized spacial score (nSPS) is 28.1. The minimum Gasteiger partial charge on any atom is -0.389 e. The van der Waals surface area contributed by atoms with Crippen LogP contribution in [0, 0.1) is 5.92 Å². The average molecular weight is 221 g/mol. The van der Waals surface area contributed by atoms with E-state index in [2.05, 4.69) is 26.2 Å². The number of hydrogen-bond donors (Lipinski definition) is 1. The maximum absolute atomic E-state index is 11.9. The summed E-state index contributed by atoms with van der Waals surface area (Å²) in [6, 6.07) is 0. The molecule has 1 N–H and O–H groups in total. The average Bonchev–Trinajstić information content (AvgIpc) is 1.97. The molecule has 1 aliphatic rings. The molecule has 0 bridgehead atoms. The van der Waals surface area contributed by atoms with E-state index in [0.29, 0.717) is 0 Å². The molecule has 0 aromatic heterocycles. The summed E-state index contributed by atoms with van der Waals surface area (Å²) in [6.07, 6.45) is 1.80. The molecular weight excluding hydrogens is 211 g/mol. The molecule has 0 saturated carbocycles. The maximum Gasteiger partial charge on any atom is 0.179 e. The molecule has 1 atom stereocenters. The first-order chi connectivity index (χ1) is 5.25. The van der Waals surface area contributed by atoms with Crippen LogP contribution in [0.3, 0.4) is 0 Å². The van der Waals surface area contributed by atoms with Gasteiger partial charge in [-0.15, -0.1) is 0 Å². The number of rotatable bonds is 1. The topological polar surface area (TPSA) is 24.4 Å². The Hall–Kier alpha value is -0.380. The van der Waals surface area contributed by atoms with E-state index in [1.807, 2.05) is 6.92 Å². The van der Waals surface area contributed by atoms with Gasteiger partial charge >= 0.3 is 0 Å². The Labute approximate surface area is 73.7 Å². The SMILES string of the molecule is CC1CNC=C(Br)/C1=N/CF. The number of allylic oxidation sites excluding steroid dienone is 1. The minimum atomic E-state index is -0.636. The zero-order chi connectivity index (χ0) is 8.27. The fourth-order valence-electron chi connectivity index (χ4n) is 1.03. The van der Waals surface area contributed by atoms with Crippen LogP contribution in [-0.2, 0) is 0 Å². The summed E-state index contributed by atoms with van der Waals surface area (Å²) in [6.45, 7) is 2.20. The zero-order valence-electron chi connectivity index (χ0n) is 6.27. The Bertz CT molecular complexity index is 201. The Morgan fingerprint density at radius 1 is 1.91 bits per heavy atom. The summed E-state index contributed by atoms with van der Waals surface area (Å²) in [5.74, 6) is 0.283. The molecule has 0 radical (unpaired) electrons. The van der Waals surface area contributed by atoms with Gasteiger partial charge in [0.15, 0.2) is 6.80 Å². The van der Waals surface area contributed by atoms with Crippen LogP contribution < -0.4 is 5.32 Å². The fourth-order valence-corrected chi connectivity index (χ4v) is 1.71. The third kappa shape index (κ3) is 2.02. The van der Waals surface area contributed by atoms with Gasteiger partial charge in [-0.25, -0.2) is 4.39 Å². The van der Waals surface area contributed by atoms with Gasteiger partial charge in [0.05, 0.1) is 10.2 Å². The predicted octanol–water partition coefficient (Wildman–Crippen LogP) is 1.83. The Kier molecular flexibility index (Phi) is 3.05. The van der Waals surface area contributed by atoms with Gasteiger partial charge in [-0.1, -0.05) is 6.92 Å². The Balaban J connectivity index is 2.80. The predicted molar refractivity (Wildman–Crippen MR) is 47.6 cm³/mol. The molecule has 1 aliphatic heterocycles. The molecule has 0 saturated heterocycles. The molecule has 0 aromatic carbocycles. The molecule has 0 amide bonds. The van der Waals surface area contributed by atoms with E-state index in [0.717, 1.165) is 16.7 Å². The van der Waals surface area contributed by atoms with E-state index in [9.17, 15) is 4.39 Å². The second kappa shape index (κ2) is 3.85. The van der Waals surface area contributed by atoms with E-state index in [4.69, 9.17) is 0 Å². The molecule has 1 rings (SSSR count). The van der Waals surface area contributed by atoms with E-state index in [1.54, 1.807) is 6.20 Å². The summed E-state index contributed by atoms with van der Waals surface area (Å²) in [5.41, 5.74) is 0.811. The van der Waals surface area contributed by atoms with Crippen LogP contribution in [0.1, 0.15) is 6.92 Å². The smallest absolute Gasteiger partial charge is 0.179 e. The number of hydrogen-bond acceptors (Lipinski definition) is 2. The van der Waals surface area contributed by atoms with Gasteiger partial charge in [-0.3, -0.25) is 4.99 Å². The third-order valence-electron chi connectivity index (χ3n) is 1.59. The van der Waals surface area contributed by atoms with Gasteiger partial charge in [0.1, 0.15) is 0 Å². The van der Waals surface area contributed by atoms with Crippen molar-refractivity contribution in [1.29, 1.82) is 0 Å². The van der Waals surface area contributed by atoms with Gasteiger partial charge < -0.3 is 5.32 Å². The summed E-state index contributed by atoms with van der Waals surface area (Å²) in [4.78, 5) is 3.74. The van der Waals surface area contributed by atoms with Gasteiger partial charge in [0.2, 0.25) is 0 Å². The van der Waals surface area contributed by atoms with Crippen molar-refractivity contribution >= 4 is 21.6 Å². The number of alkyl halides is 1. The number of nitrogens with one attached hydrogen (secondary N) is 1. The van der Waals surface area contributed by atoms with Crippen molar-refractivity contribution < 1.29 is 4.39 Å². The lowest BCUT2D eigenvalue weighted by Crippen LogP contribution is -2.29. The highest BCUT2D eigenvalue weighted by atomic mass is 79.9. The molecule has 2 nitrogen and oxygen atoms in total. The molecule has 11 heavy (non-hydrogen) atoms. The van der Waals surface area contributed by atoms with Gasteiger partial charge in [0.25, 0.3) is 0 Å². The zero-order valence-corrected chi connectivity index (χ0v) is 7.86. The standard InChI is InChI=1S/C7H10BrFN2/c1-5-2-10-3-6(8)7(5)11-4-9/h3,5,10H,2,4H2,1H3/b11-7+. The molecule has 0 spiro atoms. The van der Waals surface area contributed by atoms with Crippen molar-refractivity contribution in [1.82, 2.24) is 5.32 Å². The first-order valence-corrected chi connectivity index (χ1v) is 4.24. The van der Waals surface area contributed by atoms with Crippen LogP contribution in [-0.4, -0.2) is 19.1 Å². The van der Waals surface area contributed by atoms with E-state index < -0.39 is 6.80 Å². The molecular formula is C7H10BrFN2. The second-order valence-corrected chi connectivity index (χ2v) is 3.32. The van der Waals surface area contributed by atoms with Gasteiger partial charge in [-0.2, -0.15) is 0 Å². The van der Waals surface area contributed by atoms with Gasteiger partial charge in [0, 0.05) is 18.7 Å². The molecule has 0 fully saturated rings. The van der Waals surface area contributed by atoms with Crippen molar-refractivity contribution in [2.45, 2.75) is 6.92 Å². The van der Waals surface area contributed by atoms with Crippen molar-refractivity contribution in [2.75, 3.05) is 13.3 Å². The highest BCUT2D eigenvalue weighted by Gasteiger charge is 2.16. The summed E-state index contributed by atoms with van der Waals surface area (Å²) in [5, 5.41) is 3.06. The molecule has 0 aromatic rings. The van der Waals surface area contributed by atoms with Crippen LogP contribution in [0.2, 0.25) is 0 Å². The van der Waals surface area contributed by atoms with E-state index in [-0.39, 0.29) is 5.92 Å². The summed E-state index contributed by atoms with van der Waals surface area (Å²) in [7, 11) is 0. The lowest BCUT2D eigenvalue weighted by molar-refractivity contribution is 0.509. The summed E-state index contributed by atoms with van der Waals surface area (Å²) < 4.78 is 12.7. The lowest BCUT2D eigenvalue weighted by Gasteiger charge is -2.19. The molecule has 0 aliphatic carbocycles. The second-order valence-electron chi connectivity index (χ2n) is 2.46. The Morgan fingerprint density at radius 2 is 2.64 bits per heavy atom. The number of halogens is 2. The fraction of sp³-hybridized carbons (Fsp3) is 0.571. The van der Waals surface area contributed by atoms with Crippen molar-refractivity contribution in [2.24, 2.45) is 10.9 Å². The quantitative estimate of drug-likeness (QED) is 0.671.